The molecule has 2 aromatic heterocycles. The van der Waals surface area contributed by atoms with Gasteiger partial charge in [0.05, 0.1) is 17.4 Å². The van der Waals surface area contributed by atoms with Crippen LogP contribution in [0.3, 0.4) is 0 Å². The number of benzene rings is 2. The van der Waals surface area contributed by atoms with Crippen molar-refractivity contribution in [2.24, 2.45) is 5.41 Å². The molecule has 2 aliphatic heterocycles. The number of aromatic nitrogens is 4. The Bertz CT molecular complexity index is 1680. The van der Waals surface area contributed by atoms with Crippen LogP contribution in [0.2, 0.25) is 0 Å². The Kier molecular flexibility index (Phi) is 6.18. The molecule has 2 fully saturated rings. The largest absolute Gasteiger partial charge is 0.459 e. The fraction of sp³-hybridized carbons (Fsp3) is 0.276. The van der Waals surface area contributed by atoms with Gasteiger partial charge in [0, 0.05) is 48.6 Å². The number of rotatable bonds is 6. The first-order chi connectivity index (χ1) is 19.3. The van der Waals surface area contributed by atoms with Crippen molar-refractivity contribution in [3.8, 4) is 23.3 Å². The first-order valence-corrected chi connectivity index (χ1v) is 12.8. The molecule has 0 radical (unpaired) electrons. The average molecular weight is 542 g/mol. The van der Waals surface area contributed by atoms with Gasteiger partial charge in [0.15, 0.2) is 5.82 Å². The average Bonchev–Trinajstić information content (AvgIpc) is 3.57. The summed E-state index contributed by atoms with van der Waals surface area (Å²) >= 11 is 0. The summed E-state index contributed by atoms with van der Waals surface area (Å²) < 4.78 is 33.4. The molecule has 11 heteroatoms. The lowest BCUT2D eigenvalue weighted by Gasteiger charge is -2.47. The maximum Gasteiger partial charge on any atom is 0.319 e. The van der Waals surface area contributed by atoms with Crippen molar-refractivity contribution in [3.05, 3.63) is 77.5 Å². The highest BCUT2D eigenvalue weighted by Crippen LogP contribution is 2.43. The van der Waals surface area contributed by atoms with Gasteiger partial charge in [-0.1, -0.05) is 12.6 Å². The van der Waals surface area contributed by atoms with Gasteiger partial charge >= 0.3 is 6.01 Å². The van der Waals surface area contributed by atoms with Crippen molar-refractivity contribution < 1.29 is 18.3 Å². The normalized spacial score (nSPS) is 15.8. The minimum absolute atomic E-state index is 0.0217. The van der Waals surface area contributed by atoms with Gasteiger partial charge in [-0.3, -0.25) is 9.89 Å². The van der Waals surface area contributed by atoms with Gasteiger partial charge in [-0.05, 0) is 48.7 Å². The second kappa shape index (κ2) is 9.72. The molecule has 40 heavy (non-hydrogen) atoms. The van der Waals surface area contributed by atoms with E-state index < -0.39 is 11.6 Å². The summed E-state index contributed by atoms with van der Waals surface area (Å²) in [5.41, 5.74) is 3.23. The minimum atomic E-state index is -0.713. The smallest absolute Gasteiger partial charge is 0.319 e. The van der Waals surface area contributed by atoms with Crippen LogP contribution in [-0.4, -0.2) is 57.2 Å². The van der Waals surface area contributed by atoms with Gasteiger partial charge in [-0.15, -0.1) is 0 Å². The van der Waals surface area contributed by atoms with E-state index in [0.29, 0.717) is 43.3 Å². The number of ether oxygens (including phenoxy) is 1. The molecule has 0 bridgehead atoms. The lowest BCUT2D eigenvalue weighted by molar-refractivity contribution is -0.136. The summed E-state index contributed by atoms with van der Waals surface area (Å²) in [6.45, 7) is 7.76. The standard InChI is InChI=1S/C29H25F2N7O2/c1-3-24(39)38-15-29(16-38)6-7-37(14-29)27-21(11-32)26(25-17(2)4-5-23-22(25)12-33-36-23)34-28(35-27)40-13-18-8-19(30)10-20(31)9-18/h3-5,8-10,12H,1,6-7,13-16H2,2H3,(H,33,36). The third-order valence-electron chi connectivity index (χ3n) is 7.62. The maximum atomic E-state index is 13.8. The molecule has 0 saturated carbocycles. The first kappa shape index (κ1) is 25.4. The van der Waals surface area contributed by atoms with Crippen LogP contribution >= 0.6 is 0 Å². The Morgan fingerprint density at radius 1 is 1.23 bits per heavy atom. The highest BCUT2D eigenvalue weighted by Gasteiger charge is 2.49. The van der Waals surface area contributed by atoms with E-state index in [0.717, 1.165) is 29.0 Å². The Morgan fingerprint density at radius 2 is 2.00 bits per heavy atom. The van der Waals surface area contributed by atoms with Gasteiger partial charge in [0.2, 0.25) is 5.91 Å². The monoisotopic (exact) mass is 541 g/mol. The zero-order chi connectivity index (χ0) is 28.0. The van der Waals surface area contributed by atoms with Crippen molar-refractivity contribution in [2.45, 2.75) is 20.0 Å². The third-order valence-corrected chi connectivity index (χ3v) is 7.62. The minimum Gasteiger partial charge on any atom is -0.459 e. The fourth-order valence-electron chi connectivity index (χ4n) is 5.71. The van der Waals surface area contributed by atoms with Gasteiger partial charge in [0.25, 0.3) is 0 Å². The van der Waals surface area contributed by atoms with Gasteiger partial charge < -0.3 is 14.5 Å². The van der Waals surface area contributed by atoms with E-state index >= 15 is 0 Å². The van der Waals surface area contributed by atoms with Crippen LogP contribution in [0.15, 0.2) is 49.2 Å². The number of aryl methyl sites for hydroxylation is 1. The van der Waals surface area contributed by atoms with Crippen LogP contribution < -0.4 is 9.64 Å². The molecule has 1 amide bonds. The molecule has 202 valence electrons. The van der Waals surface area contributed by atoms with Crippen LogP contribution in [0.1, 0.15) is 23.1 Å². The molecule has 1 spiro atoms. The summed E-state index contributed by atoms with van der Waals surface area (Å²) in [5, 5.41) is 18.3. The van der Waals surface area contributed by atoms with Gasteiger partial charge in [-0.25, -0.2) is 8.78 Å². The van der Waals surface area contributed by atoms with Crippen LogP contribution in [0.5, 0.6) is 6.01 Å². The van der Waals surface area contributed by atoms with Crippen molar-refractivity contribution >= 4 is 22.6 Å². The van der Waals surface area contributed by atoms with Crippen molar-refractivity contribution in [1.82, 2.24) is 25.1 Å². The topological polar surface area (TPSA) is 111 Å². The van der Waals surface area contributed by atoms with Crippen LogP contribution in [0.4, 0.5) is 14.6 Å². The number of carbonyl (C=O) groups excluding carboxylic acids is 1. The molecule has 1 N–H and O–H groups in total. The van der Waals surface area contributed by atoms with Crippen LogP contribution in [-0.2, 0) is 11.4 Å². The van der Waals surface area contributed by atoms with E-state index in [9.17, 15) is 18.8 Å². The number of amides is 1. The lowest BCUT2D eigenvalue weighted by Crippen LogP contribution is -2.59. The number of nitrogens with one attached hydrogen (secondary N) is 1. The lowest BCUT2D eigenvalue weighted by atomic mass is 9.79. The van der Waals surface area contributed by atoms with Gasteiger partial charge in [0.1, 0.15) is 29.9 Å². The van der Waals surface area contributed by atoms with E-state index in [2.05, 4.69) is 32.8 Å². The molecule has 4 heterocycles. The number of nitrogens with zero attached hydrogens (tertiary/aromatic N) is 6. The second-order valence-electron chi connectivity index (χ2n) is 10.4. The number of aromatic amines is 1. The molecule has 2 aromatic carbocycles. The molecular weight excluding hydrogens is 516 g/mol. The highest BCUT2D eigenvalue weighted by atomic mass is 19.1. The van der Waals surface area contributed by atoms with E-state index in [1.54, 1.807) is 11.1 Å². The molecule has 6 rings (SSSR count). The summed E-state index contributed by atoms with van der Waals surface area (Å²) in [5.74, 6) is -1.11. The third kappa shape index (κ3) is 4.41. The SMILES string of the molecule is C=CC(=O)N1CC2(CCN(c3nc(OCc4cc(F)cc(F)c4)nc(-c4c(C)ccc5[nH]ncc45)c3C#N)C2)C1. The van der Waals surface area contributed by atoms with E-state index in [1.807, 2.05) is 24.0 Å². The Morgan fingerprint density at radius 3 is 2.73 bits per heavy atom. The molecule has 0 aliphatic carbocycles. The first-order valence-electron chi connectivity index (χ1n) is 12.8. The number of likely N-dealkylation sites (tertiary alicyclic amines) is 1. The molecule has 0 unspecified atom stereocenters. The fourth-order valence-corrected chi connectivity index (χ4v) is 5.71. The Balaban J connectivity index is 1.41. The van der Waals surface area contributed by atoms with Gasteiger partial charge in [-0.2, -0.15) is 20.3 Å². The Hall–Kier alpha value is -4.85. The maximum absolute atomic E-state index is 13.8. The summed E-state index contributed by atoms with van der Waals surface area (Å²) in [7, 11) is 0. The van der Waals surface area contributed by atoms with Crippen molar-refractivity contribution in [1.29, 1.82) is 5.26 Å². The highest BCUT2D eigenvalue weighted by molar-refractivity contribution is 5.97. The number of halogens is 2. The Labute approximate surface area is 228 Å². The summed E-state index contributed by atoms with van der Waals surface area (Å²) in [4.78, 5) is 25.1. The number of anilines is 1. The van der Waals surface area contributed by atoms with Crippen molar-refractivity contribution in [3.63, 3.8) is 0 Å². The number of hydrogen-bond donors (Lipinski definition) is 1. The van der Waals surface area contributed by atoms with E-state index in [1.165, 1.54) is 18.2 Å². The zero-order valence-electron chi connectivity index (χ0n) is 21.7. The number of hydrogen-bond acceptors (Lipinski definition) is 7. The number of carbonyl (C=O) groups is 1. The predicted molar refractivity (Wildman–Crippen MR) is 143 cm³/mol. The van der Waals surface area contributed by atoms with E-state index in [4.69, 9.17) is 4.74 Å². The number of fused-ring (bicyclic) bond motifs is 1. The molecule has 2 aliphatic rings. The zero-order valence-corrected chi connectivity index (χ0v) is 21.7. The molecule has 2 saturated heterocycles. The van der Waals surface area contributed by atoms with Crippen molar-refractivity contribution in [2.75, 3.05) is 31.1 Å². The van der Waals surface area contributed by atoms with Crippen LogP contribution in [0.25, 0.3) is 22.2 Å². The second-order valence-corrected chi connectivity index (χ2v) is 10.4. The number of H-pyrrole nitrogens is 1. The van der Waals surface area contributed by atoms with E-state index in [-0.39, 0.29) is 35.1 Å². The summed E-state index contributed by atoms with van der Waals surface area (Å²) in [6, 6.07) is 9.27. The molecule has 9 nitrogen and oxygen atoms in total. The molecule has 4 aromatic rings. The summed E-state index contributed by atoms with van der Waals surface area (Å²) in [6.07, 6.45) is 3.82. The predicted octanol–water partition coefficient (Wildman–Crippen LogP) is 4.28. The quantitative estimate of drug-likeness (QED) is 0.363. The molecule has 0 atom stereocenters. The molecular formula is C29H25F2N7O2. The number of nitriles is 1. The van der Waals surface area contributed by atoms with Crippen LogP contribution in [0, 0.1) is 35.3 Å².